The van der Waals surface area contributed by atoms with E-state index >= 15 is 0 Å². The van der Waals surface area contributed by atoms with Crippen molar-refractivity contribution in [2.75, 3.05) is 13.2 Å². The van der Waals surface area contributed by atoms with Gasteiger partial charge in [-0.25, -0.2) is 4.98 Å². The summed E-state index contributed by atoms with van der Waals surface area (Å²) in [5.74, 6) is 0.796. The van der Waals surface area contributed by atoms with E-state index < -0.39 is 4.92 Å². The summed E-state index contributed by atoms with van der Waals surface area (Å²) in [6, 6.07) is 4.66. The summed E-state index contributed by atoms with van der Waals surface area (Å²) in [5, 5.41) is 20.2. The number of aromatic nitrogens is 2. The zero-order chi connectivity index (χ0) is 14.1. The molecule has 0 radical (unpaired) electrons. The van der Waals surface area contributed by atoms with Crippen molar-refractivity contribution in [1.29, 1.82) is 5.26 Å². The first kappa shape index (κ1) is 12.0. The standard InChI is InChI=1S/C12H8N4O4/c13-7-12-14-1-2-15(12)8-5-10-11(20-4-3-19-10)6-9(8)16(17)18/h1-2,5-6H,3-4H2. The van der Waals surface area contributed by atoms with E-state index in [1.165, 1.54) is 29.1 Å². The van der Waals surface area contributed by atoms with Gasteiger partial charge in [-0.2, -0.15) is 5.26 Å². The number of nitriles is 1. The third-order valence-electron chi connectivity index (χ3n) is 2.84. The first-order chi connectivity index (χ1) is 9.70. The number of nitro groups is 1. The first-order valence-electron chi connectivity index (χ1n) is 5.72. The van der Waals surface area contributed by atoms with Gasteiger partial charge in [0.15, 0.2) is 11.5 Å². The Morgan fingerprint density at radius 3 is 2.70 bits per heavy atom. The largest absolute Gasteiger partial charge is 0.486 e. The maximum atomic E-state index is 11.2. The van der Waals surface area contributed by atoms with Gasteiger partial charge in [-0.3, -0.25) is 14.7 Å². The maximum Gasteiger partial charge on any atom is 0.297 e. The predicted octanol–water partition coefficient (Wildman–Crippen LogP) is 1.42. The van der Waals surface area contributed by atoms with E-state index in [9.17, 15) is 10.1 Å². The minimum absolute atomic E-state index is 0.0600. The summed E-state index contributed by atoms with van der Waals surface area (Å²) >= 11 is 0. The van der Waals surface area contributed by atoms with Crippen LogP contribution in [0.4, 0.5) is 5.69 Å². The SMILES string of the molecule is N#Cc1nccn1-c1cc2c(cc1[N+](=O)[O-])OCCO2. The number of benzene rings is 1. The van der Waals surface area contributed by atoms with Gasteiger partial charge in [0.25, 0.3) is 5.69 Å². The highest BCUT2D eigenvalue weighted by atomic mass is 16.6. The molecule has 0 aliphatic carbocycles. The van der Waals surface area contributed by atoms with Gasteiger partial charge in [0.05, 0.1) is 11.0 Å². The molecular formula is C12H8N4O4. The average Bonchev–Trinajstić information content (AvgIpc) is 2.94. The summed E-state index contributed by atoms with van der Waals surface area (Å²) in [4.78, 5) is 14.5. The number of ether oxygens (including phenoxy) is 2. The van der Waals surface area contributed by atoms with Crippen LogP contribution in [0, 0.1) is 21.4 Å². The molecule has 100 valence electrons. The normalized spacial score (nSPS) is 12.8. The molecule has 20 heavy (non-hydrogen) atoms. The van der Waals surface area contributed by atoms with Crippen LogP contribution in [-0.2, 0) is 0 Å². The van der Waals surface area contributed by atoms with Gasteiger partial charge in [-0.05, 0) is 0 Å². The lowest BCUT2D eigenvalue weighted by molar-refractivity contribution is -0.384. The Kier molecular flexibility index (Phi) is 2.72. The van der Waals surface area contributed by atoms with E-state index in [2.05, 4.69) is 4.98 Å². The van der Waals surface area contributed by atoms with Gasteiger partial charge in [0, 0.05) is 18.5 Å². The summed E-state index contributed by atoms with van der Waals surface area (Å²) < 4.78 is 12.1. The molecule has 1 aliphatic rings. The van der Waals surface area contributed by atoms with E-state index in [0.29, 0.717) is 24.7 Å². The van der Waals surface area contributed by atoms with E-state index in [1.54, 1.807) is 0 Å². The summed E-state index contributed by atoms with van der Waals surface area (Å²) in [6.07, 6.45) is 2.88. The van der Waals surface area contributed by atoms with Gasteiger partial charge in [0.2, 0.25) is 5.82 Å². The van der Waals surface area contributed by atoms with E-state index in [4.69, 9.17) is 14.7 Å². The quantitative estimate of drug-likeness (QED) is 0.605. The molecule has 0 amide bonds. The Morgan fingerprint density at radius 1 is 1.35 bits per heavy atom. The molecule has 0 saturated heterocycles. The van der Waals surface area contributed by atoms with Crippen molar-refractivity contribution < 1.29 is 14.4 Å². The molecule has 0 unspecified atom stereocenters. The predicted molar refractivity (Wildman–Crippen MR) is 65.9 cm³/mol. The van der Waals surface area contributed by atoms with Crippen LogP contribution in [0.2, 0.25) is 0 Å². The fourth-order valence-corrected chi connectivity index (χ4v) is 1.99. The molecular weight excluding hydrogens is 264 g/mol. The van der Waals surface area contributed by atoms with Crippen LogP contribution in [-0.4, -0.2) is 27.7 Å². The smallest absolute Gasteiger partial charge is 0.297 e. The van der Waals surface area contributed by atoms with Crippen LogP contribution in [0.3, 0.4) is 0 Å². The Hall–Kier alpha value is -3.08. The average molecular weight is 272 g/mol. The van der Waals surface area contributed by atoms with Crippen LogP contribution in [0.25, 0.3) is 5.69 Å². The zero-order valence-corrected chi connectivity index (χ0v) is 10.1. The van der Waals surface area contributed by atoms with E-state index in [1.807, 2.05) is 6.07 Å². The van der Waals surface area contributed by atoms with Crippen LogP contribution in [0.1, 0.15) is 5.82 Å². The van der Waals surface area contributed by atoms with Crippen molar-refractivity contribution in [2.24, 2.45) is 0 Å². The van der Waals surface area contributed by atoms with Crippen molar-refractivity contribution in [3.8, 4) is 23.3 Å². The topological polar surface area (TPSA) is 103 Å². The fraction of sp³-hybridized carbons (Fsp3) is 0.167. The van der Waals surface area contributed by atoms with Crippen molar-refractivity contribution >= 4 is 5.69 Å². The van der Waals surface area contributed by atoms with Gasteiger partial charge in [0.1, 0.15) is 25.0 Å². The second-order valence-corrected chi connectivity index (χ2v) is 3.97. The number of imidazole rings is 1. The fourth-order valence-electron chi connectivity index (χ4n) is 1.99. The third kappa shape index (κ3) is 1.81. The zero-order valence-electron chi connectivity index (χ0n) is 10.1. The molecule has 0 saturated carbocycles. The Bertz CT molecular complexity index is 732. The van der Waals surface area contributed by atoms with E-state index in [-0.39, 0.29) is 17.2 Å². The molecule has 0 N–H and O–H groups in total. The molecule has 0 bridgehead atoms. The van der Waals surface area contributed by atoms with Gasteiger partial charge in [-0.15, -0.1) is 0 Å². The Labute approximate surface area is 112 Å². The summed E-state index contributed by atoms with van der Waals surface area (Å²) in [7, 11) is 0. The lowest BCUT2D eigenvalue weighted by Crippen LogP contribution is -2.16. The molecule has 0 atom stereocenters. The van der Waals surface area contributed by atoms with Crippen LogP contribution >= 0.6 is 0 Å². The van der Waals surface area contributed by atoms with Crippen LogP contribution < -0.4 is 9.47 Å². The summed E-state index contributed by atoms with van der Waals surface area (Å²) in [6.45, 7) is 0.720. The molecule has 8 nitrogen and oxygen atoms in total. The van der Waals surface area contributed by atoms with Crippen molar-refractivity contribution in [1.82, 2.24) is 9.55 Å². The molecule has 0 fully saturated rings. The highest BCUT2D eigenvalue weighted by Crippen LogP contribution is 2.38. The van der Waals surface area contributed by atoms with Crippen molar-refractivity contribution in [3.05, 3.63) is 40.5 Å². The highest BCUT2D eigenvalue weighted by Gasteiger charge is 2.24. The third-order valence-corrected chi connectivity index (χ3v) is 2.84. The Balaban J connectivity index is 2.23. The number of fused-ring (bicyclic) bond motifs is 1. The molecule has 2 aromatic rings. The van der Waals surface area contributed by atoms with Crippen LogP contribution in [0.15, 0.2) is 24.5 Å². The van der Waals surface area contributed by atoms with Crippen molar-refractivity contribution in [3.63, 3.8) is 0 Å². The number of nitro benzene ring substituents is 1. The second kappa shape index (κ2) is 4.55. The molecule has 1 aromatic heterocycles. The molecule has 1 aromatic carbocycles. The molecule has 0 spiro atoms. The highest BCUT2D eigenvalue weighted by molar-refractivity contribution is 5.63. The molecule has 1 aliphatic heterocycles. The monoisotopic (exact) mass is 272 g/mol. The van der Waals surface area contributed by atoms with Crippen molar-refractivity contribution in [2.45, 2.75) is 0 Å². The van der Waals surface area contributed by atoms with Gasteiger partial charge < -0.3 is 9.47 Å². The minimum Gasteiger partial charge on any atom is -0.486 e. The molecule has 3 rings (SSSR count). The summed E-state index contributed by atoms with van der Waals surface area (Å²) in [5.41, 5.74) is 0.0389. The first-order valence-corrected chi connectivity index (χ1v) is 5.72. The van der Waals surface area contributed by atoms with E-state index in [0.717, 1.165) is 0 Å². The minimum atomic E-state index is -0.533. The van der Waals surface area contributed by atoms with Gasteiger partial charge in [-0.1, -0.05) is 0 Å². The van der Waals surface area contributed by atoms with Gasteiger partial charge >= 0.3 is 0 Å². The lowest BCUT2D eigenvalue weighted by Gasteiger charge is -2.19. The number of nitrogens with zero attached hydrogens (tertiary/aromatic N) is 4. The second-order valence-electron chi connectivity index (χ2n) is 3.97. The Morgan fingerprint density at radius 2 is 2.05 bits per heavy atom. The number of rotatable bonds is 2. The lowest BCUT2D eigenvalue weighted by atomic mass is 10.2. The van der Waals surface area contributed by atoms with Crippen LogP contribution in [0.5, 0.6) is 11.5 Å². The number of hydrogen-bond acceptors (Lipinski definition) is 6. The maximum absolute atomic E-state index is 11.2. The number of hydrogen-bond donors (Lipinski definition) is 0. The molecule has 2 heterocycles. The molecule has 8 heteroatoms.